The lowest BCUT2D eigenvalue weighted by molar-refractivity contribution is -0.140. The SMILES string of the molecule is CCCNC(=O)[C@@H](CC)N(Cc1ccc(Cl)cc1)C(=O)CN(c1ccc(OCC)cc1)S(=O)(=O)c1ccc(C)cc1. The third-order valence-corrected chi connectivity index (χ3v) is 8.56. The molecule has 3 rings (SSSR count). The molecule has 8 nitrogen and oxygen atoms in total. The molecule has 0 aliphatic rings. The minimum absolute atomic E-state index is 0.0572. The van der Waals surface area contributed by atoms with Gasteiger partial charge in [-0.1, -0.05) is 55.3 Å². The van der Waals surface area contributed by atoms with Crippen molar-refractivity contribution < 1.29 is 22.7 Å². The van der Waals surface area contributed by atoms with Crippen molar-refractivity contribution >= 4 is 39.1 Å². The molecule has 0 saturated carbocycles. The van der Waals surface area contributed by atoms with Crippen molar-refractivity contribution in [1.82, 2.24) is 10.2 Å². The highest BCUT2D eigenvalue weighted by molar-refractivity contribution is 7.92. The molecular weight excluding hydrogens is 562 g/mol. The number of carbonyl (C=O) groups is 2. The van der Waals surface area contributed by atoms with Gasteiger partial charge in [0.2, 0.25) is 11.8 Å². The molecule has 1 N–H and O–H groups in total. The molecule has 3 aromatic rings. The average molecular weight is 600 g/mol. The number of aryl methyl sites for hydroxylation is 1. The molecule has 220 valence electrons. The molecule has 0 saturated heterocycles. The van der Waals surface area contributed by atoms with Gasteiger partial charge in [-0.2, -0.15) is 0 Å². The quantitative estimate of drug-likeness (QED) is 0.261. The van der Waals surface area contributed by atoms with Crippen molar-refractivity contribution in [2.75, 3.05) is 24.0 Å². The van der Waals surface area contributed by atoms with Crippen molar-refractivity contribution in [2.45, 2.75) is 58.0 Å². The first-order valence-corrected chi connectivity index (χ1v) is 15.6. The van der Waals surface area contributed by atoms with Crippen LogP contribution in [0.3, 0.4) is 0 Å². The maximum atomic E-state index is 14.1. The number of ether oxygens (including phenoxy) is 1. The highest BCUT2D eigenvalue weighted by Crippen LogP contribution is 2.27. The van der Waals surface area contributed by atoms with Crippen molar-refractivity contribution in [3.05, 3.63) is 88.9 Å². The number of rotatable bonds is 14. The van der Waals surface area contributed by atoms with E-state index in [4.69, 9.17) is 16.3 Å². The Kier molecular flexibility index (Phi) is 11.6. The van der Waals surface area contributed by atoms with E-state index in [1.807, 2.05) is 27.7 Å². The Balaban J connectivity index is 2.04. The van der Waals surface area contributed by atoms with Gasteiger partial charge in [0.15, 0.2) is 0 Å². The zero-order chi connectivity index (χ0) is 30.0. The molecule has 0 radical (unpaired) electrons. The second-order valence-electron chi connectivity index (χ2n) is 9.61. The van der Waals surface area contributed by atoms with Gasteiger partial charge in [-0.15, -0.1) is 0 Å². The summed E-state index contributed by atoms with van der Waals surface area (Å²) in [6.45, 7) is 8.03. The second kappa shape index (κ2) is 14.9. The molecule has 0 aliphatic heterocycles. The van der Waals surface area contributed by atoms with E-state index in [9.17, 15) is 18.0 Å². The number of hydrogen-bond acceptors (Lipinski definition) is 5. The van der Waals surface area contributed by atoms with Gasteiger partial charge in [-0.25, -0.2) is 8.42 Å². The molecule has 0 heterocycles. The molecule has 0 aliphatic carbocycles. The third kappa shape index (κ3) is 8.47. The van der Waals surface area contributed by atoms with Gasteiger partial charge in [-0.05, 0) is 80.8 Å². The smallest absolute Gasteiger partial charge is 0.264 e. The van der Waals surface area contributed by atoms with Crippen LogP contribution in [0.5, 0.6) is 5.75 Å². The molecule has 0 unspecified atom stereocenters. The van der Waals surface area contributed by atoms with Crippen molar-refractivity contribution in [3.8, 4) is 5.75 Å². The van der Waals surface area contributed by atoms with E-state index in [0.29, 0.717) is 36.0 Å². The minimum atomic E-state index is -4.14. The monoisotopic (exact) mass is 599 g/mol. The number of benzene rings is 3. The standard InChI is InChI=1S/C31H38ClN3O5S/c1-5-20-33-31(37)29(6-2)34(21-24-10-12-25(32)13-11-24)30(36)22-35(26-14-16-27(17-15-26)40-7-3)41(38,39)28-18-8-23(4)9-19-28/h8-19,29H,5-7,20-22H2,1-4H3,(H,33,37)/t29-/m1/s1. The van der Waals surface area contributed by atoms with E-state index < -0.39 is 28.5 Å². The van der Waals surface area contributed by atoms with Crippen LogP contribution in [0.2, 0.25) is 5.02 Å². The third-order valence-electron chi connectivity index (χ3n) is 6.52. The number of nitrogens with one attached hydrogen (secondary N) is 1. The van der Waals surface area contributed by atoms with Crippen molar-refractivity contribution in [1.29, 1.82) is 0 Å². The maximum Gasteiger partial charge on any atom is 0.264 e. The molecule has 10 heteroatoms. The highest BCUT2D eigenvalue weighted by Gasteiger charge is 2.33. The summed E-state index contributed by atoms with van der Waals surface area (Å²) < 4.78 is 34.5. The van der Waals surface area contributed by atoms with Gasteiger partial charge in [0, 0.05) is 18.1 Å². The van der Waals surface area contributed by atoms with E-state index >= 15 is 0 Å². The number of carbonyl (C=O) groups excluding carboxylic acids is 2. The van der Waals surface area contributed by atoms with Crippen LogP contribution < -0.4 is 14.4 Å². The average Bonchev–Trinajstić information content (AvgIpc) is 2.96. The molecule has 0 aromatic heterocycles. The predicted octanol–water partition coefficient (Wildman–Crippen LogP) is 5.58. The Morgan fingerprint density at radius 3 is 2.12 bits per heavy atom. The van der Waals surface area contributed by atoms with E-state index in [1.165, 1.54) is 17.0 Å². The summed E-state index contributed by atoms with van der Waals surface area (Å²) in [5, 5.41) is 3.42. The summed E-state index contributed by atoms with van der Waals surface area (Å²) in [6.07, 6.45) is 1.09. The Morgan fingerprint density at radius 1 is 0.927 bits per heavy atom. The van der Waals surface area contributed by atoms with E-state index in [-0.39, 0.29) is 17.3 Å². The zero-order valence-electron chi connectivity index (χ0n) is 24.0. The second-order valence-corrected chi connectivity index (χ2v) is 11.9. The van der Waals surface area contributed by atoms with Crippen molar-refractivity contribution in [3.63, 3.8) is 0 Å². The van der Waals surface area contributed by atoms with Crippen LogP contribution in [0.25, 0.3) is 0 Å². The topological polar surface area (TPSA) is 96.0 Å². The highest BCUT2D eigenvalue weighted by atomic mass is 35.5. The fourth-order valence-electron chi connectivity index (χ4n) is 4.31. The summed E-state index contributed by atoms with van der Waals surface area (Å²) in [7, 11) is -4.14. The van der Waals surface area contributed by atoms with Crippen LogP contribution in [0, 0.1) is 6.92 Å². The first kappa shape index (κ1) is 32.0. The summed E-state index contributed by atoms with van der Waals surface area (Å²) in [6, 6.07) is 19.2. The molecule has 1 atom stereocenters. The Labute approximate surface area is 248 Å². The van der Waals surface area contributed by atoms with Crippen LogP contribution in [-0.4, -0.2) is 50.9 Å². The maximum absolute atomic E-state index is 14.1. The van der Waals surface area contributed by atoms with Crippen LogP contribution in [0.4, 0.5) is 5.69 Å². The van der Waals surface area contributed by atoms with Crippen LogP contribution in [-0.2, 0) is 26.2 Å². The summed E-state index contributed by atoms with van der Waals surface area (Å²) in [5.41, 5.74) is 1.97. The first-order chi connectivity index (χ1) is 19.6. The molecule has 0 bridgehead atoms. The Bertz CT molecular complexity index is 1400. The minimum Gasteiger partial charge on any atom is -0.494 e. The number of anilines is 1. The summed E-state index contributed by atoms with van der Waals surface area (Å²) in [4.78, 5) is 28.7. The molecule has 2 amide bonds. The van der Waals surface area contributed by atoms with Gasteiger partial charge >= 0.3 is 0 Å². The molecule has 0 fully saturated rings. The van der Waals surface area contributed by atoms with Gasteiger partial charge in [0.05, 0.1) is 17.2 Å². The molecular formula is C31H38ClN3O5S. The van der Waals surface area contributed by atoms with E-state index in [1.54, 1.807) is 60.7 Å². The van der Waals surface area contributed by atoms with E-state index in [0.717, 1.165) is 21.9 Å². The van der Waals surface area contributed by atoms with Gasteiger partial charge < -0.3 is 15.0 Å². The number of sulfonamides is 1. The molecule has 3 aromatic carbocycles. The summed E-state index contributed by atoms with van der Waals surface area (Å²) in [5.74, 6) is -0.216. The first-order valence-electron chi connectivity index (χ1n) is 13.7. The number of amides is 2. The number of hydrogen-bond donors (Lipinski definition) is 1. The fraction of sp³-hybridized carbons (Fsp3) is 0.355. The predicted molar refractivity (Wildman–Crippen MR) is 163 cm³/mol. The normalized spacial score (nSPS) is 11.9. The van der Waals surface area contributed by atoms with Crippen LogP contribution in [0.15, 0.2) is 77.7 Å². The van der Waals surface area contributed by atoms with Crippen molar-refractivity contribution in [2.24, 2.45) is 0 Å². The molecule has 0 spiro atoms. The molecule has 41 heavy (non-hydrogen) atoms. The zero-order valence-corrected chi connectivity index (χ0v) is 25.5. The number of nitrogens with zero attached hydrogens (tertiary/aromatic N) is 2. The lowest BCUT2D eigenvalue weighted by Crippen LogP contribution is -2.52. The largest absolute Gasteiger partial charge is 0.494 e. The fourth-order valence-corrected chi connectivity index (χ4v) is 5.85. The summed E-state index contributed by atoms with van der Waals surface area (Å²) >= 11 is 6.07. The lowest BCUT2D eigenvalue weighted by atomic mass is 10.1. The van der Waals surface area contributed by atoms with Gasteiger partial charge in [0.25, 0.3) is 10.0 Å². The van der Waals surface area contributed by atoms with Gasteiger partial charge in [-0.3, -0.25) is 13.9 Å². The number of halogens is 1. The lowest BCUT2D eigenvalue weighted by Gasteiger charge is -2.33. The Hall–Kier alpha value is -3.56. The Morgan fingerprint density at radius 2 is 1.56 bits per heavy atom. The van der Waals surface area contributed by atoms with Gasteiger partial charge in [0.1, 0.15) is 18.3 Å². The van der Waals surface area contributed by atoms with Crippen LogP contribution >= 0.6 is 11.6 Å². The van der Waals surface area contributed by atoms with Crippen LogP contribution in [0.1, 0.15) is 44.7 Å². The van der Waals surface area contributed by atoms with E-state index in [2.05, 4.69) is 5.32 Å².